The molecule has 0 aromatic heterocycles. The number of hydrogen-bond donors (Lipinski definition) is 0. The van der Waals surface area contributed by atoms with Gasteiger partial charge in [0.2, 0.25) is 0 Å². The molecule has 0 amide bonds. The van der Waals surface area contributed by atoms with Crippen LogP contribution in [-0.4, -0.2) is 26.1 Å². The molecule has 0 saturated heterocycles. The minimum atomic E-state index is 0.0469. The van der Waals surface area contributed by atoms with Crippen molar-refractivity contribution < 1.29 is 4.74 Å². The van der Waals surface area contributed by atoms with Gasteiger partial charge in [0.05, 0.1) is 0 Å². The summed E-state index contributed by atoms with van der Waals surface area (Å²) in [5.74, 6) is 0. The topological polar surface area (TPSA) is 12.5 Å². The third-order valence-corrected chi connectivity index (χ3v) is 2.68. The van der Waals surface area contributed by atoms with Crippen LogP contribution in [0.15, 0.2) is 12.1 Å². The summed E-state index contributed by atoms with van der Waals surface area (Å²) in [6.07, 6.45) is 0.0469. The molecule has 2 nitrogen and oxygen atoms in total. The van der Waals surface area contributed by atoms with Crippen molar-refractivity contribution >= 4 is 0 Å². The van der Waals surface area contributed by atoms with Gasteiger partial charge in [0.15, 0.2) is 0 Å². The van der Waals surface area contributed by atoms with Gasteiger partial charge in [-0.25, -0.2) is 0 Å². The van der Waals surface area contributed by atoms with E-state index in [4.69, 9.17) is 4.74 Å². The molecule has 0 bridgehead atoms. The Hall–Kier alpha value is -0.860. The van der Waals surface area contributed by atoms with Crippen molar-refractivity contribution in [3.63, 3.8) is 0 Å². The predicted molar refractivity (Wildman–Crippen MR) is 64.1 cm³/mol. The highest BCUT2D eigenvalue weighted by Gasteiger charge is 2.17. The number of hydrogen-bond acceptors (Lipinski definition) is 2. The van der Waals surface area contributed by atoms with Crippen molar-refractivity contribution in [2.45, 2.75) is 27.0 Å². The molecule has 0 fully saturated rings. The molecule has 0 heterocycles. The van der Waals surface area contributed by atoms with Crippen LogP contribution in [0.1, 0.15) is 28.5 Å². The molecule has 0 aliphatic carbocycles. The quantitative estimate of drug-likeness (QED) is 0.707. The molecule has 1 aromatic rings. The molecule has 0 aliphatic heterocycles. The maximum absolute atomic E-state index is 5.53. The average Bonchev–Trinajstić information content (AvgIpc) is 2.09. The number of benzene rings is 1. The predicted octanol–water partition coefficient (Wildman–Crippen LogP) is 2.82. The van der Waals surface area contributed by atoms with Crippen LogP contribution in [0.5, 0.6) is 0 Å². The Balaban J connectivity index is 3.23. The normalized spacial score (nSPS) is 13.3. The monoisotopic (exact) mass is 207 g/mol. The van der Waals surface area contributed by atoms with E-state index in [0.717, 1.165) is 0 Å². The zero-order valence-electron chi connectivity index (χ0n) is 10.6. The fourth-order valence-corrected chi connectivity index (χ4v) is 2.17. The molecule has 84 valence electrons. The molecule has 1 aromatic carbocycles. The molecule has 0 spiro atoms. The van der Waals surface area contributed by atoms with Gasteiger partial charge in [0.25, 0.3) is 0 Å². The van der Waals surface area contributed by atoms with E-state index in [2.05, 4.69) is 37.8 Å². The first kappa shape index (κ1) is 12.2. The van der Waals surface area contributed by atoms with Crippen molar-refractivity contribution in [2.75, 3.05) is 21.2 Å². The summed E-state index contributed by atoms with van der Waals surface area (Å²) in [5, 5.41) is 0. The van der Waals surface area contributed by atoms with Gasteiger partial charge in [0.1, 0.15) is 6.23 Å². The van der Waals surface area contributed by atoms with Gasteiger partial charge in [-0.05, 0) is 46.0 Å². The zero-order valence-corrected chi connectivity index (χ0v) is 10.6. The minimum Gasteiger partial charge on any atom is -0.362 e. The Morgan fingerprint density at radius 3 is 1.87 bits per heavy atom. The van der Waals surface area contributed by atoms with E-state index in [1.54, 1.807) is 7.11 Å². The van der Waals surface area contributed by atoms with Crippen LogP contribution in [0, 0.1) is 20.8 Å². The summed E-state index contributed by atoms with van der Waals surface area (Å²) >= 11 is 0. The number of nitrogens with zero attached hydrogens (tertiary/aromatic N) is 1. The minimum absolute atomic E-state index is 0.0469. The lowest BCUT2D eigenvalue weighted by molar-refractivity contribution is -0.00629. The van der Waals surface area contributed by atoms with Crippen LogP contribution in [0.2, 0.25) is 0 Å². The van der Waals surface area contributed by atoms with E-state index in [1.165, 1.54) is 22.3 Å². The molecule has 15 heavy (non-hydrogen) atoms. The molecule has 1 unspecified atom stereocenters. The standard InChI is InChI=1S/C13H21NO/c1-9-7-10(2)12(11(3)8-9)13(15-6)14(4)5/h7-8,13H,1-6H3. The van der Waals surface area contributed by atoms with Gasteiger partial charge in [-0.3, -0.25) is 4.90 Å². The highest BCUT2D eigenvalue weighted by atomic mass is 16.5. The van der Waals surface area contributed by atoms with Gasteiger partial charge >= 0.3 is 0 Å². The second-order valence-corrected chi connectivity index (χ2v) is 4.36. The Morgan fingerprint density at radius 1 is 1.07 bits per heavy atom. The molecular weight excluding hydrogens is 186 g/mol. The van der Waals surface area contributed by atoms with Gasteiger partial charge in [0, 0.05) is 12.7 Å². The van der Waals surface area contributed by atoms with Gasteiger partial charge in [-0.1, -0.05) is 17.7 Å². The smallest absolute Gasteiger partial charge is 0.136 e. The Kier molecular flexibility index (Phi) is 3.89. The number of rotatable bonds is 3. The zero-order chi connectivity index (χ0) is 11.6. The summed E-state index contributed by atoms with van der Waals surface area (Å²) in [6.45, 7) is 6.41. The van der Waals surface area contributed by atoms with Crippen LogP contribution < -0.4 is 0 Å². The number of aryl methyl sites for hydroxylation is 3. The molecular formula is C13H21NO. The van der Waals surface area contributed by atoms with Crippen molar-refractivity contribution in [3.05, 3.63) is 34.4 Å². The first-order chi connectivity index (χ1) is 6.97. The second-order valence-electron chi connectivity index (χ2n) is 4.36. The van der Waals surface area contributed by atoms with E-state index >= 15 is 0 Å². The molecule has 0 saturated carbocycles. The fourth-order valence-electron chi connectivity index (χ4n) is 2.17. The van der Waals surface area contributed by atoms with Crippen LogP contribution in [-0.2, 0) is 4.74 Å². The molecule has 1 rings (SSSR count). The maximum Gasteiger partial charge on any atom is 0.136 e. The second kappa shape index (κ2) is 4.77. The summed E-state index contributed by atoms with van der Waals surface area (Å²) in [5.41, 5.74) is 5.19. The van der Waals surface area contributed by atoms with Crippen molar-refractivity contribution in [1.82, 2.24) is 4.90 Å². The summed E-state index contributed by atoms with van der Waals surface area (Å²) < 4.78 is 5.53. The lowest BCUT2D eigenvalue weighted by atomic mass is 9.98. The fraction of sp³-hybridized carbons (Fsp3) is 0.538. The lowest BCUT2D eigenvalue weighted by Crippen LogP contribution is -2.23. The molecule has 1 atom stereocenters. The van der Waals surface area contributed by atoms with Crippen LogP contribution in [0.3, 0.4) is 0 Å². The maximum atomic E-state index is 5.53. The Bertz CT molecular complexity index is 321. The third-order valence-electron chi connectivity index (χ3n) is 2.68. The van der Waals surface area contributed by atoms with Crippen molar-refractivity contribution in [2.24, 2.45) is 0 Å². The van der Waals surface area contributed by atoms with Crippen LogP contribution >= 0.6 is 0 Å². The molecule has 0 radical (unpaired) electrons. The summed E-state index contributed by atoms with van der Waals surface area (Å²) in [4.78, 5) is 2.09. The molecule has 2 heteroatoms. The van der Waals surface area contributed by atoms with Crippen LogP contribution in [0.4, 0.5) is 0 Å². The Morgan fingerprint density at radius 2 is 1.53 bits per heavy atom. The Labute approximate surface area is 92.9 Å². The van der Waals surface area contributed by atoms with Gasteiger partial charge in [-0.15, -0.1) is 0 Å². The van der Waals surface area contributed by atoms with Gasteiger partial charge < -0.3 is 4.74 Å². The van der Waals surface area contributed by atoms with Crippen molar-refractivity contribution in [1.29, 1.82) is 0 Å². The highest BCUT2D eigenvalue weighted by Crippen LogP contribution is 2.26. The van der Waals surface area contributed by atoms with E-state index in [-0.39, 0.29) is 6.23 Å². The molecule has 0 N–H and O–H groups in total. The van der Waals surface area contributed by atoms with Crippen molar-refractivity contribution in [3.8, 4) is 0 Å². The SMILES string of the molecule is COC(c1c(C)cc(C)cc1C)N(C)C. The lowest BCUT2D eigenvalue weighted by Gasteiger charge is -2.26. The number of ether oxygens (including phenoxy) is 1. The van der Waals surface area contributed by atoms with E-state index in [9.17, 15) is 0 Å². The first-order valence-electron chi connectivity index (χ1n) is 5.24. The summed E-state index contributed by atoms with van der Waals surface area (Å²) in [6, 6.07) is 4.41. The third kappa shape index (κ3) is 2.58. The van der Waals surface area contributed by atoms with Gasteiger partial charge in [-0.2, -0.15) is 0 Å². The molecule has 0 aliphatic rings. The largest absolute Gasteiger partial charge is 0.362 e. The first-order valence-corrected chi connectivity index (χ1v) is 5.24. The summed E-state index contributed by atoms with van der Waals surface area (Å²) in [7, 11) is 5.82. The van der Waals surface area contributed by atoms with E-state index in [1.807, 2.05) is 14.1 Å². The van der Waals surface area contributed by atoms with Crippen LogP contribution in [0.25, 0.3) is 0 Å². The average molecular weight is 207 g/mol. The van der Waals surface area contributed by atoms with E-state index in [0.29, 0.717) is 0 Å². The number of methoxy groups -OCH3 is 1. The highest BCUT2D eigenvalue weighted by molar-refractivity contribution is 5.38. The van der Waals surface area contributed by atoms with E-state index < -0.39 is 0 Å².